The minimum absolute atomic E-state index is 0.481. The summed E-state index contributed by atoms with van der Waals surface area (Å²) in [6.45, 7) is 5.33. The van der Waals surface area contributed by atoms with E-state index in [-0.39, 0.29) is 0 Å². The minimum Gasteiger partial charge on any atom is -0.495 e. The number of nitrogens with one attached hydrogen (secondary N) is 1. The highest BCUT2D eigenvalue weighted by Crippen LogP contribution is 2.30. The second kappa shape index (κ2) is 6.26. The standard InChI is InChI=1S/C15H25N3O/c1-12-9-16-13(10-17(2)3)11-18(12)14-7-5-6-8-15(14)19-4/h5-8,12-13,16H,9-11H2,1-4H3. The molecule has 0 aromatic heterocycles. The molecule has 4 nitrogen and oxygen atoms in total. The Bertz CT molecular complexity index is 408. The number of anilines is 1. The molecule has 1 fully saturated rings. The lowest BCUT2D eigenvalue weighted by Gasteiger charge is -2.41. The summed E-state index contributed by atoms with van der Waals surface area (Å²) in [7, 11) is 5.98. The van der Waals surface area contributed by atoms with Gasteiger partial charge in [0, 0.05) is 31.7 Å². The van der Waals surface area contributed by atoms with Crippen molar-refractivity contribution in [2.24, 2.45) is 0 Å². The zero-order valence-electron chi connectivity index (χ0n) is 12.4. The van der Waals surface area contributed by atoms with Crippen molar-refractivity contribution >= 4 is 5.69 Å². The average Bonchev–Trinajstić information content (AvgIpc) is 2.40. The predicted molar refractivity (Wildman–Crippen MR) is 80.1 cm³/mol. The molecule has 1 saturated heterocycles. The first-order chi connectivity index (χ1) is 9.11. The molecule has 0 radical (unpaired) electrons. The molecule has 0 spiro atoms. The fraction of sp³-hybridized carbons (Fsp3) is 0.600. The molecule has 0 saturated carbocycles. The lowest BCUT2D eigenvalue weighted by molar-refractivity contribution is 0.305. The molecule has 19 heavy (non-hydrogen) atoms. The quantitative estimate of drug-likeness (QED) is 0.889. The van der Waals surface area contributed by atoms with E-state index in [1.807, 2.05) is 12.1 Å². The molecular formula is C15H25N3O. The van der Waals surface area contributed by atoms with Crippen molar-refractivity contribution in [3.05, 3.63) is 24.3 Å². The minimum atomic E-state index is 0.481. The number of methoxy groups -OCH3 is 1. The van der Waals surface area contributed by atoms with Crippen LogP contribution in [-0.2, 0) is 0 Å². The highest BCUT2D eigenvalue weighted by atomic mass is 16.5. The molecule has 1 heterocycles. The zero-order chi connectivity index (χ0) is 13.8. The van der Waals surface area contributed by atoms with E-state index in [9.17, 15) is 0 Å². The topological polar surface area (TPSA) is 27.7 Å². The number of ether oxygens (including phenoxy) is 1. The third-order valence-electron chi connectivity index (χ3n) is 3.63. The fourth-order valence-corrected chi connectivity index (χ4v) is 2.70. The van der Waals surface area contributed by atoms with E-state index in [0.29, 0.717) is 12.1 Å². The van der Waals surface area contributed by atoms with Gasteiger partial charge >= 0.3 is 0 Å². The maximum atomic E-state index is 5.49. The van der Waals surface area contributed by atoms with Crippen molar-refractivity contribution in [1.29, 1.82) is 0 Å². The number of rotatable bonds is 4. The second-order valence-electron chi connectivity index (χ2n) is 5.54. The van der Waals surface area contributed by atoms with Gasteiger partial charge in [-0.2, -0.15) is 0 Å². The molecule has 1 aromatic carbocycles. The van der Waals surface area contributed by atoms with Crippen LogP contribution in [0.25, 0.3) is 0 Å². The first-order valence-electron chi connectivity index (χ1n) is 6.89. The van der Waals surface area contributed by atoms with Crippen LogP contribution in [0.15, 0.2) is 24.3 Å². The van der Waals surface area contributed by atoms with Gasteiger partial charge in [-0.3, -0.25) is 0 Å². The summed E-state index contributed by atoms with van der Waals surface area (Å²) in [6.07, 6.45) is 0. The van der Waals surface area contributed by atoms with Gasteiger partial charge in [-0.05, 0) is 33.2 Å². The van der Waals surface area contributed by atoms with Crippen molar-refractivity contribution in [1.82, 2.24) is 10.2 Å². The van der Waals surface area contributed by atoms with Crippen molar-refractivity contribution in [2.75, 3.05) is 45.7 Å². The van der Waals surface area contributed by atoms with Crippen LogP contribution in [0, 0.1) is 0 Å². The number of hydrogen-bond donors (Lipinski definition) is 1. The molecule has 4 heteroatoms. The van der Waals surface area contributed by atoms with Crippen LogP contribution >= 0.6 is 0 Å². The van der Waals surface area contributed by atoms with Gasteiger partial charge in [0.1, 0.15) is 5.75 Å². The Hall–Kier alpha value is -1.26. The maximum Gasteiger partial charge on any atom is 0.142 e. The number of nitrogens with zero attached hydrogens (tertiary/aromatic N) is 2. The van der Waals surface area contributed by atoms with Crippen LogP contribution in [0.5, 0.6) is 5.75 Å². The Labute approximate surface area is 116 Å². The summed E-state index contributed by atoms with van der Waals surface area (Å²) >= 11 is 0. The Balaban J connectivity index is 2.16. The molecule has 1 aliphatic heterocycles. The maximum absolute atomic E-state index is 5.49. The van der Waals surface area contributed by atoms with Crippen LogP contribution in [0.2, 0.25) is 0 Å². The molecule has 1 N–H and O–H groups in total. The fourth-order valence-electron chi connectivity index (χ4n) is 2.70. The molecule has 2 rings (SSSR count). The highest BCUT2D eigenvalue weighted by Gasteiger charge is 2.26. The predicted octanol–water partition coefficient (Wildman–Crippen LogP) is 1.42. The van der Waals surface area contributed by atoms with Gasteiger partial charge in [-0.25, -0.2) is 0 Å². The van der Waals surface area contributed by atoms with Crippen LogP contribution < -0.4 is 15.0 Å². The largest absolute Gasteiger partial charge is 0.495 e. The second-order valence-corrected chi connectivity index (χ2v) is 5.54. The Morgan fingerprint density at radius 1 is 1.37 bits per heavy atom. The SMILES string of the molecule is COc1ccccc1N1CC(CN(C)C)NCC1C. The summed E-state index contributed by atoms with van der Waals surface area (Å²) in [5.74, 6) is 0.958. The molecule has 1 aliphatic rings. The normalized spacial score (nSPS) is 23.7. The van der Waals surface area contributed by atoms with E-state index in [1.54, 1.807) is 7.11 Å². The van der Waals surface area contributed by atoms with Gasteiger partial charge < -0.3 is 19.9 Å². The molecule has 2 atom stereocenters. The van der Waals surface area contributed by atoms with E-state index in [2.05, 4.69) is 48.3 Å². The molecule has 1 aromatic rings. The molecule has 0 amide bonds. The van der Waals surface area contributed by atoms with E-state index >= 15 is 0 Å². The third-order valence-corrected chi connectivity index (χ3v) is 3.63. The van der Waals surface area contributed by atoms with Gasteiger partial charge in [-0.1, -0.05) is 12.1 Å². The Morgan fingerprint density at radius 2 is 2.11 bits per heavy atom. The highest BCUT2D eigenvalue weighted by molar-refractivity contribution is 5.59. The van der Waals surface area contributed by atoms with Crippen LogP contribution in [-0.4, -0.2) is 57.8 Å². The zero-order valence-corrected chi connectivity index (χ0v) is 12.4. The smallest absolute Gasteiger partial charge is 0.142 e. The van der Waals surface area contributed by atoms with Gasteiger partial charge in [0.05, 0.1) is 12.8 Å². The van der Waals surface area contributed by atoms with Crippen molar-refractivity contribution in [3.8, 4) is 5.75 Å². The van der Waals surface area contributed by atoms with Crippen LogP contribution in [0.4, 0.5) is 5.69 Å². The van der Waals surface area contributed by atoms with Crippen LogP contribution in [0.3, 0.4) is 0 Å². The number of piperazine rings is 1. The van der Waals surface area contributed by atoms with Crippen LogP contribution in [0.1, 0.15) is 6.92 Å². The van der Waals surface area contributed by atoms with E-state index in [1.165, 1.54) is 5.69 Å². The average molecular weight is 263 g/mol. The van der Waals surface area contributed by atoms with E-state index < -0.39 is 0 Å². The van der Waals surface area contributed by atoms with Gasteiger partial charge in [0.2, 0.25) is 0 Å². The first-order valence-corrected chi connectivity index (χ1v) is 6.89. The third kappa shape index (κ3) is 3.39. The van der Waals surface area contributed by atoms with Crippen molar-refractivity contribution < 1.29 is 4.74 Å². The van der Waals surface area contributed by atoms with Gasteiger partial charge in [0.15, 0.2) is 0 Å². The van der Waals surface area contributed by atoms with Crippen molar-refractivity contribution in [3.63, 3.8) is 0 Å². The number of para-hydroxylation sites is 2. The first kappa shape index (κ1) is 14.2. The lowest BCUT2D eigenvalue weighted by atomic mass is 10.1. The van der Waals surface area contributed by atoms with E-state index in [4.69, 9.17) is 4.74 Å². The summed E-state index contributed by atoms with van der Waals surface area (Å²) in [5.41, 5.74) is 1.20. The Kier molecular flexibility index (Phi) is 4.66. The molecular weight excluding hydrogens is 238 g/mol. The molecule has 0 bridgehead atoms. The van der Waals surface area contributed by atoms with Gasteiger partial charge in [0.25, 0.3) is 0 Å². The monoisotopic (exact) mass is 263 g/mol. The van der Waals surface area contributed by atoms with Crippen molar-refractivity contribution in [2.45, 2.75) is 19.0 Å². The summed E-state index contributed by atoms with van der Waals surface area (Å²) < 4.78 is 5.49. The lowest BCUT2D eigenvalue weighted by Crippen LogP contribution is -2.58. The number of hydrogen-bond acceptors (Lipinski definition) is 4. The number of benzene rings is 1. The summed E-state index contributed by atoms with van der Waals surface area (Å²) in [4.78, 5) is 4.68. The van der Waals surface area contributed by atoms with Gasteiger partial charge in [-0.15, -0.1) is 0 Å². The Morgan fingerprint density at radius 3 is 2.79 bits per heavy atom. The molecule has 106 valence electrons. The summed E-state index contributed by atoms with van der Waals surface area (Å²) in [6, 6.07) is 9.25. The molecule has 0 aliphatic carbocycles. The molecule has 2 unspecified atom stereocenters. The number of likely N-dealkylation sites (N-methyl/N-ethyl adjacent to an activating group) is 1. The van der Waals surface area contributed by atoms with E-state index in [0.717, 1.165) is 25.4 Å². The summed E-state index contributed by atoms with van der Waals surface area (Å²) in [5, 5.41) is 3.61.